The summed E-state index contributed by atoms with van der Waals surface area (Å²) in [5.41, 5.74) is 2.09. The first-order valence-electron chi connectivity index (χ1n) is 10.8. The third-order valence-electron chi connectivity index (χ3n) is 5.00. The zero-order valence-electron chi connectivity index (χ0n) is 18.9. The van der Waals surface area contributed by atoms with Crippen LogP contribution in [0.25, 0.3) is 0 Å². The number of carbonyl (C=O) groups is 1. The Balaban J connectivity index is 1.58. The Morgan fingerprint density at radius 3 is 2.91 bits per heavy atom. The van der Waals surface area contributed by atoms with Crippen LogP contribution in [0.15, 0.2) is 55.5 Å². The van der Waals surface area contributed by atoms with Crippen molar-refractivity contribution in [3.05, 3.63) is 55.5 Å². The van der Waals surface area contributed by atoms with E-state index in [4.69, 9.17) is 14.2 Å². The molecule has 2 aromatic heterocycles. The normalized spacial score (nSPS) is 13.4. The SMILES string of the molecule is C=CC(=O)Nc1cccc(Oc2nc(Nc3cnn(CCOC)c3)ncc2N2CCOCC2)c1. The van der Waals surface area contributed by atoms with Crippen LogP contribution in [0.5, 0.6) is 11.6 Å². The van der Waals surface area contributed by atoms with Crippen molar-refractivity contribution in [2.24, 2.45) is 0 Å². The van der Waals surface area contributed by atoms with Crippen LogP contribution >= 0.6 is 0 Å². The predicted molar refractivity (Wildman–Crippen MR) is 128 cm³/mol. The van der Waals surface area contributed by atoms with Crippen LogP contribution in [0, 0.1) is 0 Å². The van der Waals surface area contributed by atoms with Crippen LogP contribution < -0.4 is 20.3 Å². The van der Waals surface area contributed by atoms with Gasteiger partial charge < -0.3 is 29.7 Å². The molecule has 0 radical (unpaired) electrons. The van der Waals surface area contributed by atoms with Crippen LogP contribution in [0.3, 0.4) is 0 Å². The number of carbonyl (C=O) groups excluding carboxylic acids is 1. The van der Waals surface area contributed by atoms with Crippen molar-refractivity contribution in [2.45, 2.75) is 6.54 Å². The molecule has 0 saturated carbocycles. The maximum Gasteiger partial charge on any atom is 0.248 e. The lowest BCUT2D eigenvalue weighted by molar-refractivity contribution is -0.111. The molecule has 4 rings (SSSR count). The second-order valence-corrected chi connectivity index (χ2v) is 7.42. The maximum atomic E-state index is 11.7. The lowest BCUT2D eigenvalue weighted by Gasteiger charge is -2.29. The van der Waals surface area contributed by atoms with Gasteiger partial charge in [-0.2, -0.15) is 10.1 Å². The average molecular weight is 466 g/mol. The highest BCUT2D eigenvalue weighted by Gasteiger charge is 2.19. The number of anilines is 4. The fraction of sp³-hybridized carbons (Fsp3) is 0.304. The Morgan fingerprint density at radius 2 is 2.12 bits per heavy atom. The number of ether oxygens (including phenoxy) is 3. The van der Waals surface area contributed by atoms with Crippen LogP contribution in [-0.2, 0) is 20.8 Å². The van der Waals surface area contributed by atoms with E-state index in [1.165, 1.54) is 6.08 Å². The summed E-state index contributed by atoms with van der Waals surface area (Å²) in [7, 11) is 1.65. The summed E-state index contributed by atoms with van der Waals surface area (Å²) in [6.45, 7) is 7.32. The van der Waals surface area contributed by atoms with Gasteiger partial charge in [0.1, 0.15) is 11.4 Å². The molecular formula is C23H27N7O4. The minimum Gasteiger partial charge on any atom is -0.437 e. The molecule has 2 N–H and O–H groups in total. The molecule has 0 unspecified atom stereocenters. The van der Waals surface area contributed by atoms with Crippen molar-refractivity contribution in [2.75, 3.05) is 55.6 Å². The van der Waals surface area contributed by atoms with E-state index in [0.29, 0.717) is 62.7 Å². The summed E-state index contributed by atoms with van der Waals surface area (Å²) >= 11 is 0. The van der Waals surface area contributed by atoms with Crippen LogP contribution in [0.1, 0.15) is 0 Å². The Morgan fingerprint density at radius 1 is 1.26 bits per heavy atom. The smallest absolute Gasteiger partial charge is 0.248 e. The minimum atomic E-state index is -0.300. The summed E-state index contributed by atoms with van der Waals surface area (Å²) in [5, 5.41) is 10.2. The highest BCUT2D eigenvalue weighted by Crippen LogP contribution is 2.33. The number of hydrogen-bond donors (Lipinski definition) is 2. The molecule has 1 fully saturated rings. The molecule has 3 aromatic rings. The number of amides is 1. The first-order valence-corrected chi connectivity index (χ1v) is 10.8. The van der Waals surface area contributed by atoms with Gasteiger partial charge in [0, 0.05) is 38.1 Å². The van der Waals surface area contributed by atoms with Gasteiger partial charge in [0.2, 0.25) is 17.7 Å². The topological polar surface area (TPSA) is 116 Å². The van der Waals surface area contributed by atoms with E-state index in [1.54, 1.807) is 48.5 Å². The molecule has 1 aromatic carbocycles. The molecule has 1 saturated heterocycles. The number of methoxy groups -OCH3 is 1. The summed E-state index contributed by atoms with van der Waals surface area (Å²) in [4.78, 5) is 22.9. The highest BCUT2D eigenvalue weighted by atomic mass is 16.5. The van der Waals surface area contributed by atoms with Crippen LogP contribution in [0.4, 0.5) is 23.0 Å². The molecule has 34 heavy (non-hydrogen) atoms. The Kier molecular flexibility index (Phi) is 7.68. The molecule has 0 bridgehead atoms. The molecule has 0 aliphatic carbocycles. The Bertz CT molecular complexity index is 1130. The quantitative estimate of drug-likeness (QED) is 0.436. The van der Waals surface area contributed by atoms with E-state index in [9.17, 15) is 4.79 Å². The lowest BCUT2D eigenvalue weighted by Crippen LogP contribution is -2.36. The van der Waals surface area contributed by atoms with E-state index in [2.05, 4.69) is 37.2 Å². The van der Waals surface area contributed by atoms with Gasteiger partial charge in [-0.05, 0) is 18.2 Å². The van der Waals surface area contributed by atoms with Gasteiger partial charge in [-0.1, -0.05) is 12.6 Å². The van der Waals surface area contributed by atoms with Crippen molar-refractivity contribution in [3.63, 3.8) is 0 Å². The number of nitrogens with zero attached hydrogens (tertiary/aromatic N) is 5. The minimum absolute atomic E-state index is 0.300. The largest absolute Gasteiger partial charge is 0.437 e. The summed E-state index contributed by atoms with van der Waals surface area (Å²) in [5.74, 6) is 0.979. The number of hydrogen-bond acceptors (Lipinski definition) is 9. The zero-order valence-corrected chi connectivity index (χ0v) is 18.9. The molecule has 1 amide bonds. The van der Waals surface area contributed by atoms with Gasteiger partial charge in [0.15, 0.2) is 0 Å². The number of aromatic nitrogens is 4. The average Bonchev–Trinajstić information content (AvgIpc) is 3.30. The van der Waals surface area contributed by atoms with E-state index in [1.807, 2.05) is 6.20 Å². The zero-order chi connectivity index (χ0) is 23.8. The molecule has 1 aliphatic rings. The molecular weight excluding hydrogens is 438 g/mol. The summed E-state index contributed by atoms with van der Waals surface area (Å²) in [6.07, 6.45) is 6.49. The molecule has 178 valence electrons. The highest BCUT2D eigenvalue weighted by molar-refractivity contribution is 5.98. The third-order valence-corrected chi connectivity index (χ3v) is 5.00. The molecule has 3 heterocycles. The van der Waals surface area contributed by atoms with Crippen molar-refractivity contribution >= 4 is 28.9 Å². The van der Waals surface area contributed by atoms with E-state index in [0.717, 1.165) is 11.4 Å². The summed E-state index contributed by atoms with van der Waals surface area (Å²) < 4.78 is 18.5. The second kappa shape index (κ2) is 11.3. The van der Waals surface area contributed by atoms with Crippen molar-refractivity contribution in [1.82, 2.24) is 19.7 Å². The fourth-order valence-corrected chi connectivity index (χ4v) is 3.32. The van der Waals surface area contributed by atoms with Crippen LogP contribution in [0.2, 0.25) is 0 Å². The molecule has 0 spiro atoms. The number of morpholine rings is 1. The molecule has 1 aliphatic heterocycles. The van der Waals surface area contributed by atoms with E-state index >= 15 is 0 Å². The summed E-state index contributed by atoms with van der Waals surface area (Å²) in [6, 6.07) is 7.07. The number of benzene rings is 1. The van der Waals surface area contributed by atoms with Crippen molar-refractivity contribution in [3.8, 4) is 11.6 Å². The maximum absolute atomic E-state index is 11.7. The first-order chi connectivity index (χ1) is 16.6. The molecule has 11 heteroatoms. The third kappa shape index (κ3) is 6.09. The Hall–Kier alpha value is -3.96. The lowest BCUT2D eigenvalue weighted by atomic mass is 10.3. The monoisotopic (exact) mass is 465 g/mol. The van der Waals surface area contributed by atoms with Crippen LogP contribution in [-0.4, -0.2) is 65.7 Å². The van der Waals surface area contributed by atoms with Crippen molar-refractivity contribution in [1.29, 1.82) is 0 Å². The van der Waals surface area contributed by atoms with E-state index in [-0.39, 0.29) is 5.91 Å². The molecule has 11 nitrogen and oxygen atoms in total. The standard InChI is InChI=1S/C23H27N7O4/c1-3-21(31)26-17-5-4-6-19(13-17)34-22-20(29-7-11-33-12-8-29)15-24-23(28-22)27-18-14-25-30(16-18)9-10-32-2/h3-6,13-16H,1,7-12H2,2H3,(H,26,31)(H,24,27,28). The number of rotatable bonds is 10. The predicted octanol–water partition coefficient (Wildman–Crippen LogP) is 2.82. The van der Waals surface area contributed by atoms with Crippen molar-refractivity contribution < 1.29 is 19.0 Å². The van der Waals surface area contributed by atoms with Gasteiger partial charge >= 0.3 is 0 Å². The van der Waals surface area contributed by atoms with Gasteiger partial charge in [-0.15, -0.1) is 0 Å². The van der Waals surface area contributed by atoms with E-state index < -0.39 is 0 Å². The van der Waals surface area contributed by atoms with Gasteiger partial charge in [-0.25, -0.2) is 4.98 Å². The van der Waals surface area contributed by atoms with Gasteiger partial charge in [0.25, 0.3) is 0 Å². The second-order valence-electron chi connectivity index (χ2n) is 7.42. The van der Waals surface area contributed by atoms with Gasteiger partial charge in [0.05, 0.1) is 44.4 Å². The first kappa shape index (κ1) is 23.2. The fourth-order valence-electron chi connectivity index (χ4n) is 3.32. The molecule has 0 atom stereocenters. The Labute approximate surface area is 197 Å². The number of nitrogens with one attached hydrogen (secondary N) is 2. The van der Waals surface area contributed by atoms with Gasteiger partial charge in [-0.3, -0.25) is 9.48 Å².